The lowest BCUT2D eigenvalue weighted by Gasteiger charge is -2.37. The van der Waals surface area contributed by atoms with E-state index in [1.165, 1.54) is 0 Å². The zero-order valence-corrected chi connectivity index (χ0v) is 14.5. The van der Waals surface area contributed by atoms with E-state index in [0.717, 1.165) is 12.8 Å². The number of aliphatic hydroxyl groups is 1. The van der Waals surface area contributed by atoms with Crippen molar-refractivity contribution in [1.82, 2.24) is 0 Å². The second-order valence-corrected chi connectivity index (χ2v) is 6.16. The highest BCUT2D eigenvalue weighted by Crippen LogP contribution is 2.44. The number of benzene rings is 1. The first-order valence-corrected chi connectivity index (χ1v) is 8.42. The zero-order chi connectivity index (χ0) is 17.0. The Hall–Kier alpha value is -1.75. The number of fused-ring (bicyclic) bond motifs is 1. The number of rotatable bonds is 7. The third kappa shape index (κ3) is 3.61. The fourth-order valence-electron chi connectivity index (χ4n) is 2.73. The van der Waals surface area contributed by atoms with E-state index in [9.17, 15) is 9.90 Å². The summed E-state index contributed by atoms with van der Waals surface area (Å²) in [6.07, 6.45) is 1.42. The maximum atomic E-state index is 12.8. The van der Waals surface area contributed by atoms with Gasteiger partial charge in [0.1, 0.15) is 0 Å². The van der Waals surface area contributed by atoms with Crippen LogP contribution in [0.15, 0.2) is 12.1 Å². The standard InChI is InChI=1S/C18H27NO4/c1-5-7-8-19-14-9-13(11-20)10-15(22-6-2)17(14)23-16(12(3)4)18(19)21/h9-10,12,16,20H,5-8,11H2,1-4H3. The van der Waals surface area contributed by atoms with E-state index in [0.29, 0.717) is 35.9 Å². The molecule has 0 saturated heterocycles. The van der Waals surface area contributed by atoms with Crippen molar-refractivity contribution in [1.29, 1.82) is 0 Å². The van der Waals surface area contributed by atoms with Gasteiger partial charge in [-0.05, 0) is 37.0 Å². The first-order chi connectivity index (χ1) is 11.0. The van der Waals surface area contributed by atoms with Crippen molar-refractivity contribution >= 4 is 11.6 Å². The fraction of sp³-hybridized carbons (Fsp3) is 0.611. The van der Waals surface area contributed by atoms with Crippen LogP contribution < -0.4 is 14.4 Å². The van der Waals surface area contributed by atoms with Gasteiger partial charge in [-0.1, -0.05) is 27.2 Å². The Bertz CT molecular complexity index is 556. The van der Waals surface area contributed by atoms with Gasteiger partial charge in [0.25, 0.3) is 5.91 Å². The second kappa shape index (κ2) is 7.68. The molecule has 0 radical (unpaired) electrons. The Morgan fingerprint density at radius 2 is 2.09 bits per heavy atom. The molecule has 1 N–H and O–H groups in total. The molecule has 128 valence electrons. The van der Waals surface area contributed by atoms with Gasteiger partial charge in [-0.2, -0.15) is 0 Å². The predicted octanol–water partition coefficient (Wildman–Crippen LogP) is 3.13. The van der Waals surface area contributed by atoms with E-state index in [1.54, 1.807) is 11.0 Å². The lowest BCUT2D eigenvalue weighted by atomic mass is 10.0. The molecule has 1 amide bonds. The first kappa shape index (κ1) is 17.6. The van der Waals surface area contributed by atoms with Gasteiger partial charge in [0.15, 0.2) is 17.6 Å². The number of carbonyl (C=O) groups excluding carboxylic acids is 1. The minimum Gasteiger partial charge on any atom is -0.490 e. The summed E-state index contributed by atoms with van der Waals surface area (Å²) in [6, 6.07) is 3.61. The van der Waals surface area contributed by atoms with Crippen LogP contribution in [0.1, 0.15) is 46.1 Å². The monoisotopic (exact) mass is 321 g/mol. The van der Waals surface area contributed by atoms with Crippen LogP contribution in [0.5, 0.6) is 11.5 Å². The minimum atomic E-state index is -0.501. The number of unbranched alkanes of at least 4 members (excludes halogenated alkanes) is 1. The first-order valence-electron chi connectivity index (χ1n) is 8.42. The maximum absolute atomic E-state index is 12.8. The van der Waals surface area contributed by atoms with Crippen LogP contribution in [0.3, 0.4) is 0 Å². The van der Waals surface area contributed by atoms with Crippen LogP contribution in [0.4, 0.5) is 5.69 Å². The Balaban J connectivity index is 2.52. The summed E-state index contributed by atoms with van der Waals surface area (Å²) in [5, 5.41) is 9.50. The number of hydrogen-bond donors (Lipinski definition) is 1. The van der Waals surface area contributed by atoms with Crippen molar-refractivity contribution in [3.05, 3.63) is 17.7 Å². The van der Waals surface area contributed by atoms with Gasteiger partial charge in [-0.3, -0.25) is 4.79 Å². The number of nitrogens with zero attached hydrogens (tertiary/aromatic N) is 1. The van der Waals surface area contributed by atoms with Crippen molar-refractivity contribution in [2.75, 3.05) is 18.1 Å². The van der Waals surface area contributed by atoms with Gasteiger partial charge in [0.2, 0.25) is 0 Å². The summed E-state index contributed by atoms with van der Waals surface area (Å²) in [5.74, 6) is 1.26. The number of anilines is 1. The molecule has 1 aliphatic heterocycles. The number of hydrogen-bond acceptors (Lipinski definition) is 4. The summed E-state index contributed by atoms with van der Waals surface area (Å²) in [7, 11) is 0. The molecule has 2 rings (SSSR count). The summed E-state index contributed by atoms with van der Waals surface area (Å²) in [6.45, 7) is 9.01. The highest BCUT2D eigenvalue weighted by atomic mass is 16.5. The molecule has 0 fully saturated rings. The van der Waals surface area contributed by atoms with Gasteiger partial charge >= 0.3 is 0 Å². The third-order valence-electron chi connectivity index (χ3n) is 3.96. The molecule has 5 heteroatoms. The van der Waals surface area contributed by atoms with Gasteiger partial charge in [0, 0.05) is 6.54 Å². The van der Waals surface area contributed by atoms with Crippen LogP contribution in [0.25, 0.3) is 0 Å². The van der Waals surface area contributed by atoms with Crippen molar-refractivity contribution in [3.63, 3.8) is 0 Å². The average molecular weight is 321 g/mol. The van der Waals surface area contributed by atoms with E-state index in [-0.39, 0.29) is 18.4 Å². The Morgan fingerprint density at radius 1 is 1.35 bits per heavy atom. The minimum absolute atomic E-state index is 0.0153. The highest BCUT2D eigenvalue weighted by molar-refractivity contribution is 6.01. The van der Waals surface area contributed by atoms with Crippen LogP contribution >= 0.6 is 0 Å². The Kier molecular flexibility index (Phi) is 5.88. The molecule has 23 heavy (non-hydrogen) atoms. The Morgan fingerprint density at radius 3 is 2.65 bits per heavy atom. The molecule has 1 atom stereocenters. The molecule has 0 spiro atoms. The summed E-state index contributed by atoms with van der Waals surface area (Å²) >= 11 is 0. The number of aliphatic hydroxyl groups excluding tert-OH is 1. The van der Waals surface area contributed by atoms with Crippen molar-refractivity contribution < 1.29 is 19.4 Å². The summed E-state index contributed by atoms with van der Waals surface area (Å²) in [4.78, 5) is 14.6. The SMILES string of the molecule is CCCCN1C(=O)C(C(C)C)Oc2c(OCC)cc(CO)cc21. The van der Waals surface area contributed by atoms with E-state index < -0.39 is 6.10 Å². The molecular formula is C18H27NO4. The number of ether oxygens (including phenoxy) is 2. The van der Waals surface area contributed by atoms with Gasteiger partial charge < -0.3 is 19.5 Å². The number of carbonyl (C=O) groups is 1. The topological polar surface area (TPSA) is 59.0 Å². The fourth-order valence-corrected chi connectivity index (χ4v) is 2.73. The molecule has 1 aromatic carbocycles. The number of amides is 1. The van der Waals surface area contributed by atoms with Crippen molar-refractivity contribution in [2.45, 2.75) is 53.2 Å². The van der Waals surface area contributed by atoms with Gasteiger partial charge in [0.05, 0.1) is 18.9 Å². The zero-order valence-electron chi connectivity index (χ0n) is 14.5. The lowest BCUT2D eigenvalue weighted by molar-refractivity contribution is -0.128. The van der Waals surface area contributed by atoms with Gasteiger partial charge in [-0.25, -0.2) is 0 Å². The summed E-state index contributed by atoms with van der Waals surface area (Å²) in [5.41, 5.74) is 1.42. The molecule has 0 aliphatic carbocycles. The van der Waals surface area contributed by atoms with Crippen molar-refractivity contribution in [3.8, 4) is 11.5 Å². The Labute approximate surface area is 138 Å². The molecule has 0 aromatic heterocycles. The van der Waals surface area contributed by atoms with Gasteiger partial charge in [-0.15, -0.1) is 0 Å². The summed E-state index contributed by atoms with van der Waals surface area (Å²) < 4.78 is 11.7. The molecule has 1 aromatic rings. The van der Waals surface area contributed by atoms with E-state index in [4.69, 9.17) is 9.47 Å². The van der Waals surface area contributed by atoms with E-state index >= 15 is 0 Å². The lowest BCUT2D eigenvalue weighted by Crippen LogP contribution is -2.48. The van der Waals surface area contributed by atoms with Crippen LogP contribution in [0.2, 0.25) is 0 Å². The van der Waals surface area contributed by atoms with Crippen LogP contribution in [-0.4, -0.2) is 30.3 Å². The van der Waals surface area contributed by atoms with E-state index in [2.05, 4.69) is 6.92 Å². The third-order valence-corrected chi connectivity index (χ3v) is 3.96. The largest absolute Gasteiger partial charge is 0.490 e. The van der Waals surface area contributed by atoms with Crippen LogP contribution in [0, 0.1) is 5.92 Å². The molecule has 1 aliphatic rings. The molecule has 0 bridgehead atoms. The molecule has 1 unspecified atom stereocenters. The average Bonchev–Trinajstić information content (AvgIpc) is 2.53. The smallest absolute Gasteiger partial charge is 0.268 e. The molecular weight excluding hydrogens is 294 g/mol. The normalized spacial score (nSPS) is 17.2. The highest BCUT2D eigenvalue weighted by Gasteiger charge is 2.37. The van der Waals surface area contributed by atoms with Crippen molar-refractivity contribution in [2.24, 2.45) is 5.92 Å². The maximum Gasteiger partial charge on any atom is 0.268 e. The second-order valence-electron chi connectivity index (χ2n) is 6.16. The molecule has 5 nitrogen and oxygen atoms in total. The predicted molar refractivity (Wildman–Crippen MR) is 90.0 cm³/mol. The van der Waals surface area contributed by atoms with Crippen LogP contribution in [-0.2, 0) is 11.4 Å². The quantitative estimate of drug-likeness (QED) is 0.838. The van der Waals surface area contributed by atoms with E-state index in [1.807, 2.05) is 26.8 Å². The molecule has 0 saturated carbocycles. The molecule has 1 heterocycles.